The van der Waals surface area contributed by atoms with Crippen LogP contribution in [0.25, 0.3) is 0 Å². The molecule has 0 saturated carbocycles. The average Bonchev–Trinajstić information content (AvgIpc) is 1.88. The number of halogens is 1. The maximum atomic E-state index is 12.3. The molecule has 1 rings (SSSR count). The normalized spacial score (nSPS) is 9.56. The highest BCUT2D eigenvalue weighted by molar-refractivity contribution is 5.03. The van der Waals surface area contributed by atoms with Crippen LogP contribution in [0, 0.1) is 11.9 Å². The van der Waals surface area contributed by atoms with Gasteiger partial charge in [0.05, 0.1) is 0 Å². The lowest BCUT2D eigenvalue weighted by atomic mass is 10.3. The maximum Gasteiger partial charge on any atom is 0.134 e. The molecule has 1 aromatic heterocycles. The Balaban J connectivity index is 2.94. The molecular weight excluding hydrogens is 117 g/mol. The first-order chi connectivity index (χ1) is 4.33. The zero-order chi connectivity index (χ0) is 6.69. The molecule has 0 N–H and O–H groups in total. The Kier molecular flexibility index (Phi) is 1.78. The molecule has 0 saturated heterocycles. The Morgan fingerprint density at radius 3 is 3.00 bits per heavy atom. The van der Waals surface area contributed by atoms with Gasteiger partial charge in [-0.1, -0.05) is 6.92 Å². The van der Waals surface area contributed by atoms with E-state index in [1.807, 2.05) is 6.92 Å². The van der Waals surface area contributed by atoms with Crippen LogP contribution in [0.1, 0.15) is 12.6 Å². The SMILES string of the molecule is CCc1cc(F)[c]cn1. The maximum absolute atomic E-state index is 12.3. The highest BCUT2D eigenvalue weighted by Crippen LogP contribution is 1.97. The van der Waals surface area contributed by atoms with E-state index in [1.54, 1.807) is 0 Å². The van der Waals surface area contributed by atoms with Crippen molar-refractivity contribution in [2.75, 3.05) is 0 Å². The summed E-state index contributed by atoms with van der Waals surface area (Å²) in [6.07, 6.45) is 2.12. The summed E-state index contributed by atoms with van der Waals surface area (Å²) in [5.74, 6) is -0.332. The number of nitrogens with zero attached hydrogens (tertiary/aromatic N) is 1. The molecule has 9 heavy (non-hydrogen) atoms. The molecule has 1 heterocycles. The summed E-state index contributed by atoms with van der Waals surface area (Å²) in [7, 11) is 0. The summed E-state index contributed by atoms with van der Waals surface area (Å²) in [4.78, 5) is 3.86. The summed E-state index contributed by atoms with van der Waals surface area (Å²) < 4.78 is 12.3. The second kappa shape index (κ2) is 2.58. The molecule has 0 aromatic carbocycles. The van der Waals surface area contributed by atoms with Crippen LogP contribution in [-0.4, -0.2) is 4.98 Å². The fraction of sp³-hybridized carbons (Fsp3) is 0.286. The van der Waals surface area contributed by atoms with Crippen LogP contribution in [-0.2, 0) is 6.42 Å². The second-order valence-corrected chi connectivity index (χ2v) is 1.74. The van der Waals surface area contributed by atoms with Crippen molar-refractivity contribution < 1.29 is 4.39 Å². The number of aromatic nitrogens is 1. The lowest BCUT2D eigenvalue weighted by Crippen LogP contribution is -1.86. The van der Waals surface area contributed by atoms with Crippen molar-refractivity contribution in [1.29, 1.82) is 0 Å². The molecule has 0 aliphatic carbocycles. The highest BCUT2D eigenvalue weighted by atomic mass is 19.1. The van der Waals surface area contributed by atoms with E-state index < -0.39 is 0 Å². The number of hydrogen-bond donors (Lipinski definition) is 0. The third-order valence-electron chi connectivity index (χ3n) is 1.09. The van der Waals surface area contributed by atoms with Gasteiger partial charge in [0.25, 0.3) is 0 Å². The first kappa shape index (κ1) is 6.20. The zero-order valence-corrected chi connectivity index (χ0v) is 5.19. The molecule has 0 bridgehead atoms. The van der Waals surface area contributed by atoms with Crippen LogP contribution >= 0.6 is 0 Å². The van der Waals surface area contributed by atoms with Gasteiger partial charge in [0.2, 0.25) is 0 Å². The first-order valence-electron chi connectivity index (χ1n) is 2.85. The smallest absolute Gasteiger partial charge is 0.134 e. The molecule has 1 aromatic rings. The van der Waals surface area contributed by atoms with E-state index in [0.29, 0.717) is 0 Å². The topological polar surface area (TPSA) is 12.9 Å². The Morgan fingerprint density at radius 2 is 2.56 bits per heavy atom. The van der Waals surface area contributed by atoms with Crippen LogP contribution in [0.3, 0.4) is 0 Å². The number of rotatable bonds is 1. The minimum absolute atomic E-state index is 0.332. The van der Waals surface area contributed by atoms with Crippen molar-refractivity contribution in [1.82, 2.24) is 4.98 Å². The Bertz CT molecular complexity index is 198. The molecule has 0 amide bonds. The average molecular weight is 124 g/mol. The molecule has 1 radical (unpaired) electrons. The van der Waals surface area contributed by atoms with E-state index in [2.05, 4.69) is 11.1 Å². The van der Waals surface area contributed by atoms with E-state index in [0.717, 1.165) is 12.1 Å². The first-order valence-corrected chi connectivity index (χ1v) is 2.85. The molecule has 0 fully saturated rings. The fourth-order valence-corrected chi connectivity index (χ4v) is 0.595. The Labute approximate surface area is 53.5 Å². The zero-order valence-electron chi connectivity index (χ0n) is 5.19. The van der Waals surface area contributed by atoms with Gasteiger partial charge >= 0.3 is 0 Å². The minimum Gasteiger partial charge on any atom is -0.260 e. The predicted octanol–water partition coefficient (Wildman–Crippen LogP) is 1.58. The lowest BCUT2D eigenvalue weighted by Gasteiger charge is -1.91. The van der Waals surface area contributed by atoms with Gasteiger partial charge in [-0.15, -0.1) is 0 Å². The van der Waals surface area contributed by atoms with Crippen LogP contribution in [0.15, 0.2) is 12.3 Å². The van der Waals surface area contributed by atoms with Gasteiger partial charge in [-0.05, 0) is 12.5 Å². The molecule has 0 aliphatic rings. The van der Waals surface area contributed by atoms with Gasteiger partial charge in [0, 0.05) is 18.0 Å². The van der Waals surface area contributed by atoms with Crippen molar-refractivity contribution >= 4 is 0 Å². The summed E-state index contributed by atoms with van der Waals surface area (Å²) in [6, 6.07) is 3.72. The van der Waals surface area contributed by atoms with Crippen LogP contribution in [0.4, 0.5) is 4.39 Å². The van der Waals surface area contributed by atoms with Crippen molar-refractivity contribution in [3.63, 3.8) is 0 Å². The molecule has 0 aliphatic heterocycles. The van der Waals surface area contributed by atoms with E-state index >= 15 is 0 Å². The van der Waals surface area contributed by atoms with Crippen LogP contribution < -0.4 is 0 Å². The Morgan fingerprint density at radius 1 is 1.78 bits per heavy atom. The van der Waals surface area contributed by atoms with Gasteiger partial charge < -0.3 is 0 Å². The van der Waals surface area contributed by atoms with Crippen LogP contribution in [0.2, 0.25) is 0 Å². The van der Waals surface area contributed by atoms with Crippen molar-refractivity contribution in [2.24, 2.45) is 0 Å². The van der Waals surface area contributed by atoms with Crippen molar-refractivity contribution in [3.8, 4) is 0 Å². The quantitative estimate of drug-likeness (QED) is 0.554. The summed E-state index contributed by atoms with van der Waals surface area (Å²) in [6.45, 7) is 1.93. The third kappa shape index (κ3) is 1.49. The second-order valence-electron chi connectivity index (χ2n) is 1.74. The van der Waals surface area contributed by atoms with Gasteiger partial charge in [-0.2, -0.15) is 0 Å². The number of hydrogen-bond acceptors (Lipinski definition) is 1. The summed E-state index contributed by atoms with van der Waals surface area (Å²) in [5.41, 5.74) is 0.770. The molecular formula is C7H7FN. The molecule has 0 spiro atoms. The van der Waals surface area contributed by atoms with E-state index in [1.165, 1.54) is 12.3 Å². The molecule has 2 heteroatoms. The number of aryl methyl sites for hydroxylation is 1. The lowest BCUT2D eigenvalue weighted by molar-refractivity contribution is 0.620. The van der Waals surface area contributed by atoms with Crippen LogP contribution in [0.5, 0.6) is 0 Å². The molecule has 0 unspecified atom stereocenters. The third-order valence-corrected chi connectivity index (χ3v) is 1.09. The van der Waals surface area contributed by atoms with E-state index in [-0.39, 0.29) is 5.82 Å². The van der Waals surface area contributed by atoms with E-state index in [4.69, 9.17) is 0 Å². The summed E-state index contributed by atoms with van der Waals surface area (Å²) in [5, 5.41) is 0. The monoisotopic (exact) mass is 124 g/mol. The minimum atomic E-state index is -0.332. The van der Waals surface area contributed by atoms with Crippen molar-refractivity contribution in [2.45, 2.75) is 13.3 Å². The Hall–Kier alpha value is -0.920. The summed E-state index contributed by atoms with van der Waals surface area (Å²) >= 11 is 0. The largest absolute Gasteiger partial charge is 0.260 e. The van der Waals surface area contributed by atoms with Gasteiger partial charge in [-0.25, -0.2) is 4.39 Å². The van der Waals surface area contributed by atoms with Gasteiger partial charge in [-0.3, -0.25) is 4.98 Å². The van der Waals surface area contributed by atoms with Gasteiger partial charge in [0.1, 0.15) is 5.82 Å². The number of pyridine rings is 1. The molecule has 47 valence electrons. The molecule has 0 atom stereocenters. The van der Waals surface area contributed by atoms with E-state index in [9.17, 15) is 4.39 Å². The fourth-order valence-electron chi connectivity index (χ4n) is 0.595. The van der Waals surface area contributed by atoms with Gasteiger partial charge in [0.15, 0.2) is 0 Å². The predicted molar refractivity (Wildman–Crippen MR) is 32.4 cm³/mol. The highest BCUT2D eigenvalue weighted by Gasteiger charge is 1.91. The standard InChI is InChI=1S/C7H7FN/c1-2-7-5-6(8)3-4-9-7/h4-5H,2H2,1H3. The molecule has 1 nitrogen and oxygen atoms in total. The van der Waals surface area contributed by atoms with Crippen molar-refractivity contribution in [3.05, 3.63) is 29.8 Å².